The highest BCUT2D eigenvalue weighted by Crippen LogP contribution is 2.19. The van der Waals surface area contributed by atoms with Crippen LogP contribution in [0, 0.1) is 0 Å². The molecule has 2 heteroatoms. The molecule has 0 unspecified atom stereocenters. The van der Waals surface area contributed by atoms with Gasteiger partial charge in [-0.3, -0.25) is 0 Å². The summed E-state index contributed by atoms with van der Waals surface area (Å²) in [6.07, 6.45) is 4.39. The van der Waals surface area contributed by atoms with Gasteiger partial charge in [-0.2, -0.15) is 0 Å². The second-order valence-electron chi connectivity index (χ2n) is 3.53. The summed E-state index contributed by atoms with van der Waals surface area (Å²) in [5, 5.41) is 0.884. The Bertz CT molecular complexity index is 284. The molecule has 1 aromatic carbocycles. The zero-order valence-electron chi connectivity index (χ0n) is 8.72. The molecule has 2 N–H and O–H groups in total. The van der Waals surface area contributed by atoms with E-state index in [9.17, 15) is 0 Å². The molecule has 78 valence electrons. The van der Waals surface area contributed by atoms with Gasteiger partial charge in [0, 0.05) is 5.02 Å². The molecule has 1 rings (SSSR count). The summed E-state index contributed by atoms with van der Waals surface area (Å²) in [7, 11) is 0. The van der Waals surface area contributed by atoms with E-state index in [2.05, 4.69) is 19.1 Å². The van der Waals surface area contributed by atoms with Gasteiger partial charge in [0.05, 0.1) is 0 Å². The molecule has 1 aromatic rings. The molecule has 0 aromatic heterocycles. The molecule has 0 bridgehead atoms. The second-order valence-corrected chi connectivity index (χ2v) is 3.93. The summed E-state index contributed by atoms with van der Waals surface area (Å²) in [5.41, 5.74) is 8.07. The molecule has 0 saturated carbocycles. The minimum atomic E-state index is 0.786. The largest absolute Gasteiger partial charge is 0.330 e. The second kappa shape index (κ2) is 6.05. The third kappa shape index (κ3) is 3.32. The number of unbranched alkanes of at least 4 members (excludes halogenated alkanes) is 1. The van der Waals surface area contributed by atoms with Crippen LogP contribution < -0.4 is 5.73 Å². The Morgan fingerprint density at radius 1 is 1.29 bits per heavy atom. The van der Waals surface area contributed by atoms with Crippen molar-refractivity contribution in [2.24, 2.45) is 5.73 Å². The molecule has 0 heterocycles. The number of nitrogens with two attached hydrogens (primary N) is 1. The first-order chi connectivity index (χ1) is 6.77. The molecule has 0 amide bonds. The monoisotopic (exact) mass is 211 g/mol. The molecule has 0 aliphatic heterocycles. The Hall–Kier alpha value is -0.530. The van der Waals surface area contributed by atoms with Crippen LogP contribution >= 0.6 is 11.6 Å². The minimum absolute atomic E-state index is 0.786. The van der Waals surface area contributed by atoms with E-state index in [0.29, 0.717) is 0 Å². The molecule has 0 aliphatic carbocycles. The van der Waals surface area contributed by atoms with Gasteiger partial charge in [-0.05, 0) is 49.4 Å². The molecular weight excluding hydrogens is 194 g/mol. The Morgan fingerprint density at radius 3 is 2.71 bits per heavy atom. The lowest BCUT2D eigenvalue weighted by molar-refractivity contribution is 0.744. The van der Waals surface area contributed by atoms with Gasteiger partial charge in [-0.15, -0.1) is 0 Å². The van der Waals surface area contributed by atoms with E-state index in [-0.39, 0.29) is 0 Å². The van der Waals surface area contributed by atoms with Gasteiger partial charge in [0.1, 0.15) is 0 Å². The number of benzene rings is 1. The van der Waals surface area contributed by atoms with Crippen molar-refractivity contribution in [1.29, 1.82) is 0 Å². The van der Waals surface area contributed by atoms with Crippen molar-refractivity contribution >= 4 is 11.6 Å². The van der Waals surface area contributed by atoms with Crippen molar-refractivity contribution in [2.45, 2.75) is 32.6 Å². The number of aryl methyl sites for hydroxylation is 2. The van der Waals surface area contributed by atoms with Crippen LogP contribution in [-0.4, -0.2) is 6.54 Å². The van der Waals surface area contributed by atoms with Crippen molar-refractivity contribution in [3.63, 3.8) is 0 Å². The van der Waals surface area contributed by atoms with E-state index < -0.39 is 0 Å². The number of rotatable bonds is 5. The maximum Gasteiger partial charge on any atom is 0.0438 e. The van der Waals surface area contributed by atoms with Gasteiger partial charge in [0.2, 0.25) is 0 Å². The minimum Gasteiger partial charge on any atom is -0.330 e. The topological polar surface area (TPSA) is 26.0 Å². The maximum atomic E-state index is 6.04. The fourth-order valence-corrected chi connectivity index (χ4v) is 1.78. The highest BCUT2D eigenvalue weighted by atomic mass is 35.5. The standard InChI is InChI=1S/C12H18ClN/c1-2-11-9-10(5-3-4-8-14)6-7-12(11)13/h6-7,9H,2-5,8,14H2,1H3. The lowest BCUT2D eigenvalue weighted by atomic mass is 10.0. The predicted octanol–water partition coefficient (Wildman–Crippen LogP) is 3.18. The van der Waals surface area contributed by atoms with Gasteiger partial charge < -0.3 is 5.73 Å². The summed E-state index contributed by atoms with van der Waals surface area (Å²) < 4.78 is 0. The van der Waals surface area contributed by atoms with Crippen LogP contribution in [0.25, 0.3) is 0 Å². The van der Waals surface area contributed by atoms with Crippen LogP contribution in [0.15, 0.2) is 18.2 Å². The lowest BCUT2D eigenvalue weighted by Gasteiger charge is -2.05. The molecule has 0 spiro atoms. The van der Waals surface area contributed by atoms with Gasteiger partial charge in [0.15, 0.2) is 0 Å². The van der Waals surface area contributed by atoms with E-state index in [1.807, 2.05) is 6.07 Å². The van der Waals surface area contributed by atoms with Gasteiger partial charge >= 0.3 is 0 Å². The zero-order valence-corrected chi connectivity index (χ0v) is 9.48. The lowest BCUT2D eigenvalue weighted by Crippen LogP contribution is -1.99. The molecule has 1 nitrogen and oxygen atoms in total. The number of hydrogen-bond donors (Lipinski definition) is 1. The quantitative estimate of drug-likeness (QED) is 0.744. The van der Waals surface area contributed by atoms with Crippen molar-refractivity contribution in [2.75, 3.05) is 6.54 Å². The van der Waals surface area contributed by atoms with Gasteiger partial charge in [-0.1, -0.05) is 30.7 Å². The highest BCUT2D eigenvalue weighted by Gasteiger charge is 1.99. The van der Waals surface area contributed by atoms with Gasteiger partial charge in [0.25, 0.3) is 0 Å². The Morgan fingerprint density at radius 2 is 2.07 bits per heavy atom. The van der Waals surface area contributed by atoms with E-state index in [4.69, 9.17) is 17.3 Å². The third-order valence-electron chi connectivity index (χ3n) is 2.41. The molecule has 0 aliphatic rings. The summed E-state index contributed by atoms with van der Waals surface area (Å²) in [6, 6.07) is 6.31. The zero-order chi connectivity index (χ0) is 10.4. The Kier molecular flexibility index (Phi) is 4.99. The average Bonchev–Trinajstić information content (AvgIpc) is 2.21. The summed E-state index contributed by atoms with van der Waals surface area (Å²) >= 11 is 6.04. The van der Waals surface area contributed by atoms with Crippen LogP contribution in [-0.2, 0) is 12.8 Å². The van der Waals surface area contributed by atoms with Crippen molar-refractivity contribution in [1.82, 2.24) is 0 Å². The van der Waals surface area contributed by atoms with E-state index in [1.165, 1.54) is 17.5 Å². The normalized spacial score (nSPS) is 10.5. The molecule has 0 radical (unpaired) electrons. The maximum absolute atomic E-state index is 6.04. The molecule has 0 saturated heterocycles. The first kappa shape index (κ1) is 11.5. The van der Waals surface area contributed by atoms with Crippen molar-refractivity contribution in [3.8, 4) is 0 Å². The molecule has 14 heavy (non-hydrogen) atoms. The van der Waals surface area contributed by atoms with Crippen LogP contribution in [0.4, 0.5) is 0 Å². The van der Waals surface area contributed by atoms with Crippen molar-refractivity contribution < 1.29 is 0 Å². The predicted molar refractivity (Wildman–Crippen MR) is 62.8 cm³/mol. The van der Waals surface area contributed by atoms with Crippen LogP contribution in [0.1, 0.15) is 30.9 Å². The summed E-state index contributed by atoms with van der Waals surface area (Å²) in [6.45, 7) is 2.92. The van der Waals surface area contributed by atoms with Crippen molar-refractivity contribution in [3.05, 3.63) is 34.3 Å². The first-order valence-corrected chi connectivity index (χ1v) is 5.63. The third-order valence-corrected chi connectivity index (χ3v) is 2.78. The van der Waals surface area contributed by atoms with E-state index >= 15 is 0 Å². The molecule has 0 fully saturated rings. The first-order valence-electron chi connectivity index (χ1n) is 5.25. The fraction of sp³-hybridized carbons (Fsp3) is 0.500. The summed E-state index contributed by atoms with van der Waals surface area (Å²) in [5.74, 6) is 0. The summed E-state index contributed by atoms with van der Waals surface area (Å²) in [4.78, 5) is 0. The van der Waals surface area contributed by atoms with Crippen LogP contribution in [0.5, 0.6) is 0 Å². The van der Waals surface area contributed by atoms with E-state index in [1.54, 1.807) is 0 Å². The highest BCUT2D eigenvalue weighted by molar-refractivity contribution is 6.31. The SMILES string of the molecule is CCc1cc(CCCCN)ccc1Cl. The molecule has 0 atom stereocenters. The molecular formula is C12H18ClN. The van der Waals surface area contributed by atoms with Crippen LogP contribution in [0.2, 0.25) is 5.02 Å². The Labute approximate surface area is 91.3 Å². The van der Waals surface area contributed by atoms with Crippen LogP contribution in [0.3, 0.4) is 0 Å². The number of hydrogen-bond acceptors (Lipinski definition) is 1. The van der Waals surface area contributed by atoms with Gasteiger partial charge in [-0.25, -0.2) is 0 Å². The smallest absolute Gasteiger partial charge is 0.0438 e. The average molecular weight is 212 g/mol. The fourth-order valence-electron chi connectivity index (χ4n) is 1.53. The number of halogens is 1. The Balaban J connectivity index is 2.60. The van der Waals surface area contributed by atoms with E-state index in [0.717, 1.165) is 30.8 Å².